The summed E-state index contributed by atoms with van der Waals surface area (Å²) in [4.78, 5) is 11.4. The Hall–Kier alpha value is -2.08. The van der Waals surface area contributed by atoms with Crippen LogP contribution in [0.2, 0.25) is 0 Å². The zero-order chi connectivity index (χ0) is 15.0. The fraction of sp³-hybridized carbons (Fsp3) is 0.133. The van der Waals surface area contributed by atoms with Crippen LogP contribution in [0.4, 0.5) is 15.8 Å². The highest BCUT2D eigenvalue weighted by Crippen LogP contribution is 2.35. The van der Waals surface area contributed by atoms with Gasteiger partial charge in [-0.05, 0) is 58.2 Å². The predicted molar refractivity (Wildman–Crippen MR) is 82.0 cm³/mol. The van der Waals surface area contributed by atoms with Gasteiger partial charge < -0.3 is 15.8 Å². The lowest BCUT2D eigenvalue weighted by Crippen LogP contribution is -2.19. The molecule has 3 rings (SSSR count). The molecular formula is C15H12BrFN2O2. The lowest BCUT2D eigenvalue weighted by molar-refractivity contribution is -0.116. The highest BCUT2D eigenvalue weighted by molar-refractivity contribution is 9.10. The van der Waals surface area contributed by atoms with E-state index in [-0.39, 0.29) is 11.7 Å². The molecule has 0 saturated carbocycles. The molecule has 0 fully saturated rings. The van der Waals surface area contributed by atoms with Crippen LogP contribution in [-0.2, 0) is 11.2 Å². The van der Waals surface area contributed by atoms with Gasteiger partial charge in [-0.1, -0.05) is 0 Å². The number of fused-ring (bicyclic) bond motifs is 1. The second-order valence-corrected chi connectivity index (χ2v) is 5.63. The van der Waals surface area contributed by atoms with Crippen molar-refractivity contribution < 1.29 is 13.9 Å². The molecule has 108 valence electrons. The van der Waals surface area contributed by atoms with E-state index < -0.39 is 0 Å². The largest absolute Gasteiger partial charge is 0.455 e. The molecular weight excluding hydrogens is 339 g/mol. The van der Waals surface area contributed by atoms with Gasteiger partial charge in [0, 0.05) is 12.1 Å². The number of carbonyl (C=O) groups is 1. The quantitative estimate of drug-likeness (QED) is 0.808. The van der Waals surface area contributed by atoms with Crippen molar-refractivity contribution in [2.75, 3.05) is 11.1 Å². The Labute approximate surface area is 129 Å². The molecule has 0 atom stereocenters. The molecule has 1 heterocycles. The first kappa shape index (κ1) is 13.9. The number of nitrogens with one attached hydrogen (secondary N) is 1. The summed E-state index contributed by atoms with van der Waals surface area (Å²) in [6.07, 6.45) is 1.09. The first-order valence-electron chi connectivity index (χ1n) is 6.38. The number of aryl methyl sites for hydroxylation is 1. The van der Waals surface area contributed by atoms with Crippen LogP contribution < -0.4 is 15.8 Å². The van der Waals surface area contributed by atoms with Gasteiger partial charge in [-0.15, -0.1) is 0 Å². The third-order valence-electron chi connectivity index (χ3n) is 3.25. The van der Waals surface area contributed by atoms with Crippen molar-refractivity contribution in [3.8, 4) is 11.5 Å². The molecule has 0 bridgehead atoms. The highest BCUT2D eigenvalue weighted by Gasteiger charge is 2.17. The van der Waals surface area contributed by atoms with Crippen LogP contribution in [0.15, 0.2) is 34.8 Å². The maximum Gasteiger partial charge on any atom is 0.224 e. The molecule has 0 saturated heterocycles. The summed E-state index contributed by atoms with van der Waals surface area (Å²) in [5.74, 6) is 0.597. The van der Waals surface area contributed by atoms with Gasteiger partial charge in [0.2, 0.25) is 5.91 Å². The van der Waals surface area contributed by atoms with Gasteiger partial charge in [0.05, 0.1) is 10.2 Å². The number of rotatable bonds is 2. The van der Waals surface area contributed by atoms with Crippen molar-refractivity contribution in [2.24, 2.45) is 0 Å². The van der Waals surface area contributed by atoms with Gasteiger partial charge in [0.25, 0.3) is 0 Å². The van der Waals surface area contributed by atoms with Crippen molar-refractivity contribution in [2.45, 2.75) is 12.8 Å². The van der Waals surface area contributed by atoms with Crippen molar-refractivity contribution >= 4 is 33.2 Å². The molecule has 2 aromatic carbocycles. The van der Waals surface area contributed by atoms with Crippen LogP contribution in [0.3, 0.4) is 0 Å². The minimum Gasteiger partial charge on any atom is -0.455 e. The van der Waals surface area contributed by atoms with E-state index in [2.05, 4.69) is 21.2 Å². The van der Waals surface area contributed by atoms with Crippen molar-refractivity contribution in [3.05, 3.63) is 46.2 Å². The number of ether oxygens (including phenoxy) is 1. The minimum absolute atomic E-state index is 0.0157. The van der Waals surface area contributed by atoms with E-state index in [1.54, 1.807) is 12.1 Å². The van der Waals surface area contributed by atoms with Gasteiger partial charge in [0.15, 0.2) is 5.75 Å². The van der Waals surface area contributed by atoms with Crippen molar-refractivity contribution in [3.63, 3.8) is 0 Å². The normalized spacial score (nSPS) is 13.5. The first-order chi connectivity index (χ1) is 10.0. The lowest BCUT2D eigenvalue weighted by Gasteiger charge is -2.19. The Morgan fingerprint density at radius 2 is 2.05 bits per heavy atom. The molecule has 0 aliphatic carbocycles. The number of amides is 1. The maximum atomic E-state index is 13.2. The SMILES string of the molecule is Nc1cc2c(cc1Oc1ccc(F)c(Br)c1)CCC(=O)N2. The van der Waals surface area contributed by atoms with Gasteiger partial charge in [-0.3, -0.25) is 4.79 Å². The summed E-state index contributed by atoms with van der Waals surface area (Å²) in [6, 6.07) is 7.87. The number of benzene rings is 2. The van der Waals surface area contributed by atoms with E-state index >= 15 is 0 Å². The third kappa shape index (κ3) is 2.85. The Morgan fingerprint density at radius 1 is 1.24 bits per heavy atom. The van der Waals surface area contributed by atoms with Crippen LogP contribution in [0, 0.1) is 5.82 Å². The van der Waals surface area contributed by atoms with E-state index in [0.29, 0.717) is 34.5 Å². The number of hydrogen-bond acceptors (Lipinski definition) is 3. The molecule has 3 N–H and O–H groups in total. The zero-order valence-electron chi connectivity index (χ0n) is 11.0. The van der Waals surface area contributed by atoms with E-state index in [9.17, 15) is 9.18 Å². The molecule has 0 aromatic heterocycles. The summed E-state index contributed by atoms with van der Waals surface area (Å²) in [5.41, 5.74) is 8.05. The summed E-state index contributed by atoms with van der Waals surface area (Å²) in [7, 11) is 0. The summed E-state index contributed by atoms with van der Waals surface area (Å²) in [6.45, 7) is 0. The van der Waals surface area contributed by atoms with E-state index in [4.69, 9.17) is 10.5 Å². The molecule has 4 nitrogen and oxygen atoms in total. The van der Waals surface area contributed by atoms with Crippen LogP contribution in [0.25, 0.3) is 0 Å². The van der Waals surface area contributed by atoms with E-state index in [1.165, 1.54) is 18.2 Å². The highest BCUT2D eigenvalue weighted by atomic mass is 79.9. The predicted octanol–water partition coefficient (Wildman–Crippen LogP) is 3.85. The Balaban J connectivity index is 1.92. The molecule has 1 amide bonds. The van der Waals surface area contributed by atoms with Gasteiger partial charge in [-0.2, -0.15) is 0 Å². The molecule has 1 aliphatic rings. The summed E-state index contributed by atoms with van der Waals surface area (Å²) >= 11 is 3.11. The number of carbonyl (C=O) groups excluding carboxylic acids is 1. The minimum atomic E-state index is -0.358. The van der Waals surface area contributed by atoms with Gasteiger partial charge in [0.1, 0.15) is 11.6 Å². The lowest BCUT2D eigenvalue weighted by atomic mass is 10.0. The number of halogens is 2. The fourth-order valence-electron chi connectivity index (χ4n) is 2.18. The van der Waals surface area contributed by atoms with E-state index in [0.717, 1.165) is 11.3 Å². The van der Waals surface area contributed by atoms with Crippen LogP contribution in [-0.4, -0.2) is 5.91 Å². The molecule has 0 spiro atoms. The fourth-order valence-corrected chi connectivity index (χ4v) is 2.54. The smallest absolute Gasteiger partial charge is 0.224 e. The molecule has 2 aromatic rings. The van der Waals surface area contributed by atoms with Crippen LogP contribution in [0.5, 0.6) is 11.5 Å². The Morgan fingerprint density at radius 3 is 2.81 bits per heavy atom. The average Bonchev–Trinajstić information content (AvgIpc) is 2.44. The average molecular weight is 351 g/mol. The molecule has 21 heavy (non-hydrogen) atoms. The number of anilines is 2. The standard InChI is InChI=1S/C15H12BrFN2O2/c16-10-6-9(2-3-11(10)17)21-14-5-8-1-4-15(20)19-13(8)7-12(14)18/h2-3,5-7H,1,4,18H2,(H,19,20). The second-order valence-electron chi connectivity index (χ2n) is 4.77. The Bertz CT molecular complexity index is 734. The first-order valence-corrected chi connectivity index (χ1v) is 7.17. The molecule has 1 aliphatic heterocycles. The zero-order valence-corrected chi connectivity index (χ0v) is 12.5. The van der Waals surface area contributed by atoms with E-state index in [1.807, 2.05) is 0 Å². The Kier molecular flexibility index (Phi) is 3.55. The second kappa shape index (κ2) is 5.37. The summed E-state index contributed by atoms with van der Waals surface area (Å²) in [5, 5.41) is 2.78. The molecule has 0 radical (unpaired) electrons. The number of hydrogen-bond donors (Lipinski definition) is 2. The van der Waals surface area contributed by atoms with Crippen molar-refractivity contribution in [1.29, 1.82) is 0 Å². The topological polar surface area (TPSA) is 64.3 Å². The maximum absolute atomic E-state index is 13.2. The van der Waals surface area contributed by atoms with Crippen molar-refractivity contribution in [1.82, 2.24) is 0 Å². The van der Waals surface area contributed by atoms with Gasteiger partial charge >= 0.3 is 0 Å². The number of nitrogen functional groups attached to an aromatic ring is 1. The van der Waals surface area contributed by atoms with Crippen LogP contribution in [0.1, 0.15) is 12.0 Å². The van der Waals surface area contributed by atoms with Crippen LogP contribution >= 0.6 is 15.9 Å². The number of nitrogens with two attached hydrogens (primary N) is 1. The van der Waals surface area contributed by atoms with Gasteiger partial charge in [-0.25, -0.2) is 4.39 Å². The molecule has 0 unspecified atom stereocenters. The third-order valence-corrected chi connectivity index (χ3v) is 3.86. The summed E-state index contributed by atoms with van der Waals surface area (Å²) < 4.78 is 19.2. The molecule has 6 heteroatoms. The monoisotopic (exact) mass is 350 g/mol.